The molecule has 0 aliphatic rings. The summed E-state index contributed by atoms with van der Waals surface area (Å²) in [7, 11) is 0. The first kappa shape index (κ1) is 29.6. The Bertz CT molecular complexity index is 876. The van der Waals surface area contributed by atoms with Gasteiger partial charge in [0.25, 0.3) is 0 Å². The molecule has 188 valence electrons. The monoisotopic (exact) mass is 475 g/mol. The van der Waals surface area contributed by atoms with Crippen LogP contribution in [0.4, 0.5) is 0 Å². The van der Waals surface area contributed by atoms with Gasteiger partial charge < -0.3 is 10.4 Å². The summed E-state index contributed by atoms with van der Waals surface area (Å²) in [6, 6.07) is 8.41. The third-order valence-electron chi connectivity index (χ3n) is 5.05. The van der Waals surface area contributed by atoms with Gasteiger partial charge >= 0.3 is 5.97 Å². The van der Waals surface area contributed by atoms with Crippen LogP contribution in [-0.2, 0) is 16.0 Å². The van der Waals surface area contributed by atoms with Gasteiger partial charge in [-0.25, -0.2) is 4.79 Å². The van der Waals surface area contributed by atoms with Crippen LogP contribution in [-0.4, -0.2) is 23.0 Å². The molecule has 0 aliphatic heterocycles. The predicted octanol–water partition coefficient (Wildman–Crippen LogP) is 7.28. The van der Waals surface area contributed by atoms with Gasteiger partial charge in [0.15, 0.2) is 0 Å². The van der Waals surface area contributed by atoms with Crippen molar-refractivity contribution in [3.05, 3.63) is 109 Å². The van der Waals surface area contributed by atoms with Gasteiger partial charge in [0.05, 0.1) is 0 Å². The van der Waals surface area contributed by atoms with E-state index in [1.165, 1.54) is 0 Å². The van der Waals surface area contributed by atoms with Crippen LogP contribution < -0.4 is 5.32 Å². The SMILES string of the molecule is CC/C=C\C/C=C\C/C=C\C/C=C\C/C=C\C/C=C\CCC(=O)N[C@@H](Cc1ccccc1)C(=O)O. The second-order valence-corrected chi connectivity index (χ2v) is 8.10. The molecule has 2 N–H and O–H groups in total. The van der Waals surface area contributed by atoms with Crippen molar-refractivity contribution < 1.29 is 14.7 Å². The van der Waals surface area contributed by atoms with Gasteiger partial charge in [-0.2, -0.15) is 0 Å². The first-order valence-electron chi connectivity index (χ1n) is 12.6. The van der Waals surface area contributed by atoms with Gasteiger partial charge in [-0.1, -0.05) is 110 Å². The van der Waals surface area contributed by atoms with Crippen molar-refractivity contribution in [2.75, 3.05) is 0 Å². The topological polar surface area (TPSA) is 66.4 Å². The highest BCUT2D eigenvalue weighted by Crippen LogP contribution is 2.05. The molecule has 0 fully saturated rings. The summed E-state index contributed by atoms with van der Waals surface area (Å²) in [5.74, 6) is -1.26. The second kappa shape index (κ2) is 21.2. The summed E-state index contributed by atoms with van der Waals surface area (Å²) >= 11 is 0. The third kappa shape index (κ3) is 17.7. The van der Waals surface area contributed by atoms with E-state index >= 15 is 0 Å². The molecule has 0 aliphatic carbocycles. The van der Waals surface area contributed by atoms with Crippen molar-refractivity contribution in [2.24, 2.45) is 0 Å². The highest BCUT2D eigenvalue weighted by atomic mass is 16.4. The fourth-order valence-corrected chi connectivity index (χ4v) is 3.17. The fraction of sp³-hybridized carbons (Fsp3) is 0.355. The lowest BCUT2D eigenvalue weighted by molar-refractivity contribution is -0.141. The minimum absolute atomic E-state index is 0.243. The maximum Gasteiger partial charge on any atom is 0.326 e. The first-order valence-corrected chi connectivity index (χ1v) is 12.6. The van der Waals surface area contributed by atoms with Crippen LogP contribution in [0, 0.1) is 0 Å². The largest absolute Gasteiger partial charge is 0.480 e. The molecule has 0 radical (unpaired) electrons. The number of carbonyl (C=O) groups excluding carboxylic acids is 1. The molecular formula is C31H41NO3. The third-order valence-corrected chi connectivity index (χ3v) is 5.05. The number of carbonyl (C=O) groups is 2. The summed E-state index contributed by atoms with van der Waals surface area (Å²) < 4.78 is 0. The van der Waals surface area contributed by atoms with Crippen LogP contribution in [0.25, 0.3) is 0 Å². The molecule has 1 rings (SSSR count). The zero-order valence-electron chi connectivity index (χ0n) is 21.0. The molecule has 1 aromatic carbocycles. The maximum atomic E-state index is 12.1. The lowest BCUT2D eigenvalue weighted by Gasteiger charge is -2.14. The summed E-state index contributed by atoms with van der Waals surface area (Å²) in [6.45, 7) is 2.14. The number of nitrogens with one attached hydrogen (secondary N) is 1. The standard InChI is InChI=1S/C31H41NO3/c1-2-3-4-5-6-7-8-9-10-11-12-13-14-15-16-17-18-19-23-26-30(33)32-29(31(34)35)27-28-24-21-20-22-25-28/h3-4,6-7,9-10,12-13,15-16,18-22,24-25,29H,2,5,8,11,14,17,23,26-27H2,1H3,(H,32,33)(H,34,35)/b4-3-,7-6-,10-9-,13-12-,16-15-,19-18-/t29-/m0/s1. The fourth-order valence-electron chi connectivity index (χ4n) is 3.17. The molecule has 0 unspecified atom stereocenters. The Labute approximate surface area is 211 Å². The van der Waals surface area contributed by atoms with Crippen LogP contribution in [0.15, 0.2) is 103 Å². The molecule has 0 saturated heterocycles. The number of carboxylic acids is 1. The molecule has 4 nitrogen and oxygen atoms in total. The van der Waals surface area contributed by atoms with Gasteiger partial charge in [0, 0.05) is 12.8 Å². The van der Waals surface area contributed by atoms with E-state index in [9.17, 15) is 14.7 Å². The van der Waals surface area contributed by atoms with Crippen molar-refractivity contribution in [2.45, 2.75) is 70.8 Å². The molecule has 1 aromatic rings. The first-order chi connectivity index (χ1) is 17.1. The van der Waals surface area contributed by atoms with Crippen molar-refractivity contribution in [3.63, 3.8) is 0 Å². The highest BCUT2D eigenvalue weighted by Gasteiger charge is 2.19. The summed E-state index contributed by atoms with van der Waals surface area (Å²) in [4.78, 5) is 23.5. The van der Waals surface area contributed by atoms with Crippen LogP contribution in [0.1, 0.15) is 63.9 Å². The van der Waals surface area contributed by atoms with Crippen LogP contribution in [0.5, 0.6) is 0 Å². The Morgan fingerprint density at radius 2 is 1.20 bits per heavy atom. The Morgan fingerprint density at radius 1 is 0.743 bits per heavy atom. The quantitative estimate of drug-likeness (QED) is 0.219. The Kier molecular flexibility index (Phi) is 17.9. The van der Waals surface area contributed by atoms with Crippen molar-refractivity contribution in [1.82, 2.24) is 5.32 Å². The molecule has 35 heavy (non-hydrogen) atoms. The highest BCUT2D eigenvalue weighted by molar-refractivity contribution is 5.83. The van der Waals surface area contributed by atoms with Gasteiger partial charge in [-0.05, 0) is 50.5 Å². The van der Waals surface area contributed by atoms with Crippen molar-refractivity contribution >= 4 is 11.9 Å². The number of hydrogen-bond donors (Lipinski definition) is 2. The van der Waals surface area contributed by atoms with E-state index in [2.05, 4.69) is 73.0 Å². The van der Waals surface area contributed by atoms with Gasteiger partial charge in [-0.3, -0.25) is 4.79 Å². The van der Waals surface area contributed by atoms with Crippen LogP contribution in [0.2, 0.25) is 0 Å². The zero-order chi connectivity index (χ0) is 25.4. The van der Waals surface area contributed by atoms with E-state index in [1.54, 1.807) is 0 Å². The van der Waals surface area contributed by atoms with E-state index in [1.807, 2.05) is 42.5 Å². The van der Waals surface area contributed by atoms with Gasteiger partial charge in [0.2, 0.25) is 5.91 Å². The Morgan fingerprint density at radius 3 is 1.66 bits per heavy atom. The maximum absolute atomic E-state index is 12.1. The average Bonchev–Trinajstić information content (AvgIpc) is 2.85. The number of amides is 1. The smallest absolute Gasteiger partial charge is 0.326 e. The lowest BCUT2D eigenvalue weighted by atomic mass is 10.1. The lowest BCUT2D eigenvalue weighted by Crippen LogP contribution is -2.42. The number of aliphatic carboxylic acids is 1. The number of allylic oxidation sites excluding steroid dienone is 12. The van der Waals surface area contributed by atoms with Crippen molar-refractivity contribution in [1.29, 1.82) is 0 Å². The summed E-state index contributed by atoms with van der Waals surface area (Å²) in [6.07, 6.45) is 32.6. The molecule has 0 aromatic heterocycles. The van der Waals surface area contributed by atoms with E-state index in [0.29, 0.717) is 6.42 Å². The predicted molar refractivity (Wildman–Crippen MR) is 147 cm³/mol. The van der Waals surface area contributed by atoms with E-state index in [0.717, 1.165) is 44.1 Å². The molecule has 1 atom stereocenters. The van der Waals surface area contributed by atoms with E-state index in [4.69, 9.17) is 0 Å². The minimum Gasteiger partial charge on any atom is -0.480 e. The molecule has 0 spiro atoms. The molecular weight excluding hydrogens is 434 g/mol. The second-order valence-electron chi connectivity index (χ2n) is 8.10. The molecule has 0 saturated carbocycles. The van der Waals surface area contributed by atoms with Crippen molar-refractivity contribution in [3.8, 4) is 0 Å². The summed E-state index contributed by atoms with van der Waals surface area (Å²) in [5.41, 5.74) is 0.886. The van der Waals surface area contributed by atoms with E-state index < -0.39 is 12.0 Å². The van der Waals surface area contributed by atoms with Crippen LogP contribution in [0.3, 0.4) is 0 Å². The average molecular weight is 476 g/mol. The number of benzene rings is 1. The van der Waals surface area contributed by atoms with Crippen LogP contribution >= 0.6 is 0 Å². The van der Waals surface area contributed by atoms with Gasteiger partial charge in [0.1, 0.15) is 6.04 Å². The van der Waals surface area contributed by atoms with Gasteiger partial charge in [-0.15, -0.1) is 0 Å². The molecule has 4 heteroatoms. The normalized spacial score (nSPS) is 13.3. The molecule has 0 heterocycles. The molecule has 0 bridgehead atoms. The summed E-state index contributed by atoms with van der Waals surface area (Å²) in [5, 5.41) is 12.0. The Balaban J connectivity index is 2.10. The number of carboxylic acid groups (broad SMARTS) is 1. The zero-order valence-corrected chi connectivity index (χ0v) is 21.0. The molecule has 1 amide bonds. The number of hydrogen-bond acceptors (Lipinski definition) is 2. The van der Waals surface area contributed by atoms with E-state index in [-0.39, 0.29) is 18.7 Å². The Hall–Kier alpha value is -3.40. The number of rotatable bonds is 18. The minimum atomic E-state index is -1.02.